The van der Waals surface area contributed by atoms with Crippen LogP contribution in [-0.2, 0) is 4.79 Å². The number of nitrogens with one attached hydrogen (secondary N) is 1. The zero-order chi connectivity index (χ0) is 17.2. The topological polar surface area (TPSA) is 38.3 Å². The molecule has 0 aliphatic carbocycles. The van der Waals surface area contributed by atoms with Crippen LogP contribution in [-0.4, -0.2) is 12.5 Å². The normalized spacial score (nSPS) is 11.8. The number of hydrogen-bond donors (Lipinski definition) is 1. The Kier molecular flexibility index (Phi) is 7.34. The molecule has 0 bridgehead atoms. The summed E-state index contributed by atoms with van der Waals surface area (Å²) in [4.78, 5) is 10.4. The molecule has 0 unspecified atom stereocenters. The van der Waals surface area contributed by atoms with Crippen molar-refractivity contribution in [2.45, 2.75) is 52.1 Å². The van der Waals surface area contributed by atoms with Gasteiger partial charge in [0, 0.05) is 5.69 Å². The van der Waals surface area contributed by atoms with E-state index in [0.717, 1.165) is 29.0 Å². The number of benzene rings is 2. The Bertz CT molecular complexity index is 605. The predicted octanol–water partition coefficient (Wildman–Crippen LogP) is 5.66. The molecule has 0 saturated heterocycles. The Hall–Kier alpha value is -2.29. The molecule has 2 aromatic rings. The van der Waals surface area contributed by atoms with E-state index >= 15 is 0 Å². The summed E-state index contributed by atoms with van der Waals surface area (Å²) in [6.45, 7) is 4.37. The highest BCUT2D eigenvalue weighted by Gasteiger charge is 2.05. The summed E-state index contributed by atoms with van der Waals surface area (Å²) in [5.41, 5.74) is 3.05. The smallest absolute Gasteiger partial charge is 0.211 e. The number of rotatable bonds is 10. The maximum atomic E-state index is 10.4. The summed E-state index contributed by atoms with van der Waals surface area (Å²) in [6, 6.07) is 16.0. The standard InChI is InChI=1S/C21H27NO2/c1-3-4-5-6-7-17(2)24-21-14-10-19(11-15-21)18-8-12-20(13-9-18)22-16-23/h8-17H,3-7H2,1-2H3,(H,22,23)/t17-/m1/s1. The van der Waals surface area contributed by atoms with Gasteiger partial charge in [-0.2, -0.15) is 0 Å². The Morgan fingerprint density at radius 1 is 0.958 bits per heavy atom. The molecule has 3 nitrogen and oxygen atoms in total. The van der Waals surface area contributed by atoms with Gasteiger partial charge in [0.1, 0.15) is 5.75 Å². The summed E-state index contributed by atoms with van der Waals surface area (Å²) < 4.78 is 5.99. The van der Waals surface area contributed by atoms with Crippen molar-refractivity contribution >= 4 is 12.1 Å². The first-order valence-corrected chi connectivity index (χ1v) is 8.80. The average Bonchev–Trinajstić information content (AvgIpc) is 2.60. The molecule has 24 heavy (non-hydrogen) atoms. The van der Waals surface area contributed by atoms with Gasteiger partial charge in [-0.25, -0.2) is 0 Å². The first-order valence-electron chi connectivity index (χ1n) is 8.80. The van der Waals surface area contributed by atoms with Crippen molar-refractivity contribution < 1.29 is 9.53 Å². The minimum Gasteiger partial charge on any atom is -0.491 e. The third-order valence-electron chi connectivity index (χ3n) is 4.10. The van der Waals surface area contributed by atoms with Gasteiger partial charge in [-0.05, 0) is 55.2 Å². The Morgan fingerprint density at radius 3 is 2.17 bits per heavy atom. The summed E-state index contributed by atoms with van der Waals surface area (Å²) >= 11 is 0. The van der Waals surface area contributed by atoms with Crippen LogP contribution in [0, 0.1) is 0 Å². The molecule has 1 atom stereocenters. The van der Waals surface area contributed by atoms with Crippen molar-refractivity contribution in [3.05, 3.63) is 48.5 Å². The molecule has 0 spiro atoms. The van der Waals surface area contributed by atoms with Crippen molar-refractivity contribution in [3.63, 3.8) is 0 Å². The van der Waals surface area contributed by atoms with E-state index in [2.05, 4.69) is 31.3 Å². The van der Waals surface area contributed by atoms with E-state index in [4.69, 9.17) is 4.74 Å². The van der Waals surface area contributed by atoms with Gasteiger partial charge in [0.05, 0.1) is 6.10 Å². The summed E-state index contributed by atoms with van der Waals surface area (Å²) in [7, 11) is 0. The molecule has 128 valence electrons. The van der Waals surface area contributed by atoms with E-state index in [1.54, 1.807) is 0 Å². The molecule has 0 heterocycles. The molecule has 0 aliphatic rings. The van der Waals surface area contributed by atoms with Crippen LogP contribution in [0.15, 0.2) is 48.5 Å². The summed E-state index contributed by atoms with van der Waals surface area (Å²) in [6.07, 6.45) is 7.14. The molecule has 2 aromatic carbocycles. The van der Waals surface area contributed by atoms with Gasteiger partial charge in [0.2, 0.25) is 6.41 Å². The Labute approximate surface area is 145 Å². The van der Waals surface area contributed by atoms with Crippen molar-refractivity contribution in [2.24, 2.45) is 0 Å². The zero-order valence-corrected chi connectivity index (χ0v) is 14.6. The number of hydrogen-bond acceptors (Lipinski definition) is 2. The molecular weight excluding hydrogens is 298 g/mol. The minimum absolute atomic E-state index is 0.251. The monoisotopic (exact) mass is 325 g/mol. The number of amides is 1. The molecule has 0 aromatic heterocycles. The zero-order valence-electron chi connectivity index (χ0n) is 14.6. The van der Waals surface area contributed by atoms with Crippen LogP contribution in [0.4, 0.5) is 5.69 Å². The number of unbranched alkanes of at least 4 members (excludes halogenated alkanes) is 3. The van der Waals surface area contributed by atoms with E-state index in [1.807, 2.05) is 36.4 Å². The highest BCUT2D eigenvalue weighted by Crippen LogP contribution is 2.24. The molecule has 0 aliphatic heterocycles. The van der Waals surface area contributed by atoms with Gasteiger partial charge in [-0.15, -0.1) is 0 Å². The lowest BCUT2D eigenvalue weighted by Crippen LogP contribution is -2.11. The van der Waals surface area contributed by atoms with E-state index < -0.39 is 0 Å². The molecule has 0 fully saturated rings. The Balaban J connectivity index is 1.89. The lowest BCUT2D eigenvalue weighted by molar-refractivity contribution is -0.105. The maximum Gasteiger partial charge on any atom is 0.211 e. The maximum absolute atomic E-state index is 10.4. The molecule has 0 saturated carbocycles. The van der Waals surface area contributed by atoms with Gasteiger partial charge >= 0.3 is 0 Å². The quantitative estimate of drug-likeness (QED) is 0.452. The van der Waals surface area contributed by atoms with Gasteiger partial charge in [0.25, 0.3) is 0 Å². The second-order valence-corrected chi connectivity index (χ2v) is 6.14. The predicted molar refractivity (Wildman–Crippen MR) is 100 cm³/mol. The van der Waals surface area contributed by atoms with Gasteiger partial charge in [-0.1, -0.05) is 50.5 Å². The molecule has 0 radical (unpaired) electrons. The van der Waals surface area contributed by atoms with Crippen LogP contribution < -0.4 is 10.1 Å². The highest BCUT2D eigenvalue weighted by atomic mass is 16.5. The lowest BCUT2D eigenvalue weighted by Gasteiger charge is -2.15. The van der Waals surface area contributed by atoms with Crippen LogP contribution in [0.3, 0.4) is 0 Å². The third-order valence-corrected chi connectivity index (χ3v) is 4.10. The summed E-state index contributed by atoms with van der Waals surface area (Å²) in [5.74, 6) is 0.918. The molecule has 1 amide bonds. The van der Waals surface area contributed by atoms with Crippen molar-refractivity contribution in [1.82, 2.24) is 0 Å². The van der Waals surface area contributed by atoms with Crippen molar-refractivity contribution in [1.29, 1.82) is 0 Å². The van der Waals surface area contributed by atoms with Crippen LogP contribution in [0.2, 0.25) is 0 Å². The van der Waals surface area contributed by atoms with E-state index in [0.29, 0.717) is 6.41 Å². The number of ether oxygens (including phenoxy) is 1. The van der Waals surface area contributed by atoms with Gasteiger partial charge in [0.15, 0.2) is 0 Å². The molecular formula is C21H27NO2. The van der Waals surface area contributed by atoms with Crippen LogP contribution in [0.25, 0.3) is 11.1 Å². The second kappa shape index (κ2) is 9.76. The van der Waals surface area contributed by atoms with E-state index in [-0.39, 0.29) is 6.10 Å². The molecule has 1 N–H and O–H groups in total. The van der Waals surface area contributed by atoms with Gasteiger partial charge < -0.3 is 10.1 Å². The highest BCUT2D eigenvalue weighted by molar-refractivity contribution is 5.74. The Morgan fingerprint density at radius 2 is 1.58 bits per heavy atom. The first kappa shape index (κ1) is 18.1. The third kappa shape index (κ3) is 5.73. The average molecular weight is 325 g/mol. The van der Waals surface area contributed by atoms with Crippen LogP contribution in [0.1, 0.15) is 46.0 Å². The van der Waals surface area contributed by atoms with E-state index in [9.17, 15) is 4.79 Å². The SMILES string of the molecule is CCCCCC[C@@H](C)Oc1ccc(-c2ccc(NC=O)cc2)cc1. The van der Waals surface area contributed by atoms with Crippen LogP contribution in [0.5, 0.6) is 5.75 Å². The fourth-order valence-corrected chi connectivity index (χ4v) is 2.70. The number of carbonyl (C=O) groups excluding carboxylic acids is 1. The van der Waals surface area contributed by atoms with E-state index in [1.165, 1.54) is 25.7 Å². The van der Waals surface area contributed by atoms with Gasteiger partial charge in [-0.3, -0.25) is 4.79 Å². The number of anilines is 1. The number of carbonyl (C=O) groups is 1. The fraction of sp³-hybridized carbons (Fsp3) is 0.381. The minimum atomic E-state index is 0.251. The first-order chi connectivity index (χ1) is 11.7. The second-order valence-electron chi connectivity index (χ2n) is 6.14. The fourth-order valence-electron chi connectivity index (χ4n) is 2.70. The summed E-state index contributed by atoms with van der Waals surface area (Å²) in [5, 5.41) is 2.64. The molecule has 3 heteroatoms. The lowest BCUT2D eigenvalue weighted by atomic mass is 10.1. The molecule has 2 rings (SSSR count). The largest absolute Gasteiger partial charge is 0.491 e. The van der Waals surface area contributed by atoms with Crippen molar-refractivity contribution in [2.75, 3.05) is 5.32 Å². The van der Waals surface area contributed by atoms with Crippen molar-refractivity contribution in [3.8, 4) is 16.9 Å². The van der Waals surface area contributed by atoms with Crippen LogP contribution >= 0.6 is 0 Å².